The van der Waals surface area contributed by atoms with Gasteiger partial charge in [-0.05, 0) is 0 Å². The van der Waals surface area contributed by atoms with Crippen LogP contribution in [-0.4, -0.2) is 350 Å². The lowest BCUT2D eigenvalue weighted by Gasteiger charge is -2.50. The highest BCUT2D eigenvalue weighted by atomic mass is 16.8. The Bertz CT molecular complexity index is 2090. The molecule has 0 spiro atoms. The van der Waals surface area contributed by atoms with Crippen molar-refractivity contribution >= 4 is 23.7 Å². The zero-order valence-electron chi connectivity index (χ0n) is 43.9. The van der Waals surface area contributed by atoms with Crippen LogP contribution in [0.15, 0.2) is 0 Å². The minimum Gasteiger partial charge on any atom is -0.477 e. The fraction of sp³-hybridized carbons (Fsp3) is 0.911. The second kappa shape index (κ2) is 28.9. The third-order valence-electron chi connectivity index (χ3n) is 14.6. The predicted octanol–water partition coefficient (Wildman–Crippen LogP) is -14.5. The Labute approximate surface area is 463 Å². The SMILES string of the molecule is CC(=O)N[C@H]1[C@H](O[C@H]2[C@@H](O)[C@@H](CO[C@@H]3O[C@H](CO)[C@@H](O)[C@H](O)[C@H]3NC(C)=O)O[C@@H](O[C@H]3[C@H](O)[C@@H](O)[C@H](O)O[C@@H]3CO)[C@@H]2O)O[C@H](CO)[C@@H](O[C@@H]2O[C@H](CO[C@]3(C(=O)O)C[C@H](O)[C@@H](NC(C)=O)[C@H]([C@H](O)[C@H](O)CO)O3)[C@H](O)[C@H](O)[C@H]2O)[C@@H]1O. The smallest absolute Gasteiger partial charge is 0.364 e. The number of amides is 3. The molecule has 0 aromatic carbocycles. The van der Waals surface area contributed by atoms with Gasteiger partial charge >= 0.3 is 5.97 Å². The standard InChI is InChI=1S/C45H75N3O34/c1-11(53)46-21-14(56)4-45(44(70)71,82-37(21)24(58)15(57)5-49)73-10-20-26(60)30(64)33(67)42(78-20)79-35-18(8-52)76-41(23(29(35)63)48-13(3)55)81-38-27(61)19(9-72-40-22(47-12(2)54)28(62)25(59)16(6-50)75-40)77-43(34(38)68)80-36-17(7-51)74-39(69)32(66)31(36)65/h14-43,49-52,56-69H,4-10H2,1-3H3,(H,46,53)(H,47,54)(H,48,55)(H,70,71)/t14-,15+,16+,17+,18+,19+,20+,21+,22+,23+,24+,25+,26-,27-,28+,29+,30-,31+,32+,33+,34+,35+,36+,37+,38-,39+,40+,41-,42-,43-,45+/m0/s1. The van der Waals surface area contributed by atoms with Crippen molar-refractivity contribution in [3.8, 4) is 0 Å². The Kier molecular flexibility index (Phi) is 23.9. The van der Waals surface area contributed by atoms with Crippen molar-refractivity contribution in [3.05, 3.63) is 0 Å². The Morgan fingerprint density at radius 2 is 0.976 bits per heavy atom. The molecule has 0 bridgehead atoms. The molecule has 6 aliphatic rings. The first-order chi connectivity index (χ1) is 38.5. The first kappa shape index (κ1) is 67.8. The van der Waals surface area contributed by atoms with Gasteiger partial charge in [-0.3, -0.25) is 14.4 Å². The van der Waals surface area contributed by atoms with Crippen LogP contribution in [0, 0.1) is 0 Å². The van der Waals surface area contributed by atoms with Gasteiger partial charge in [-0.1, -0.05) is 0 Å². The molecule has 6 saturated heterocycles. The molecule has 37 nitrogen and oxygen atoms in total. The topological polar surface area (TPSA) is 590 Å². The number of aliphatic carboxylic acids is 1. The zero-order valence-corrected chi connectivity index (χ0v) is 43.9. The summed E-state index contributed by atoms with van der Waals surface area (Å²) in [7, 11) is 0. The predicted molar refractivity (Wildman–Crippen MR) is 251 cm³/mol. The number of carbonyl (C=O) groups excluding carboxylic acids is 3. The maximum Gasteiger partial charge on any atom is 0.364 e. The summed E-state index contributed by atoms with van der Waals surface area (Å²) >= 11 is 0. The zero-order chi connectivity index (χ0) is 61.0. The minimum atomic E-state index is -3.01. The molecule has 0 radical (unpaired) electrons. The van der Waals surface area contributed by atoms with Crippen molar-refractivity contribution in [2.24, 2.45) is 0 Å². The molecule has 31 atom stereocenters. The van der Waals surface area contributed by atoms with Gasteiger partial charge in [-0.25, -0.2) is 4.79 Å². The van der Waals surface area contributed by atoms with Crippen LogP contribution < -0.4 is 16.0 Å². The summed E-state index contributed by atoms with van der Waals surface area (Å²) in [6, 6.07) is -5.07. The molecule has 0 aliphatic carbocycles. The molecule has 37 heteroatoms. The number of carboxylic acid groups (broad SMARTS) is 1. The fourth-order valence-electron chi connectivity index (χ4n) is 10.2. The molecule has 6 rings (SSSR count). The largest absolute Gasteiger partial charge is 0.477 e. The van der Waals surface area contributed by atoms with Gasteiger partial charge in [0.05, 0.1) is 51.8 Å². The van der Waals surface area contributed by atoms with Crippen molar-refractivity contribution in [1.29, 1.82) is 0 Å². The van der Waals surface area contributed by atoms with Crippen molar-refractivity contribution in [1.82, 2.24) is 16.0 Å². The molecular weight excluding hydrogens is 1130 g/mol. The van der Waals surface area contributed by atoms with Gasteiger partial charge in [0, 0.05) is 27.2 Å². The van der Waals surface area contributed by atoms with E-state index in [-0.39, 0.29) is 0 Å². The van der Waals surface area contributed by atoms with Gasteiger partial charge in [0.2, 0.25) is 17.7 Å². The van der Waals surface area contributed by atoms with E-state index in [2.05, 4.69) is 16.0 Å². The number of carbonyl (C=O) groups is 4. The highest BCUT2D eigenvalue weighted by molar-refractivity contribution is 5.77. The van der Waals surface area contributed by atoms with Crippen LogP contribution in [0.25, 0.3) is 0 Å². The van der Waals surface area contributed by atoms with Crippen LogP contribution in [0.4, 0.5) is 0 Å². The monoisotopic (exact) mass is 1200 g/mol. The maximum atomic E-state index is 12.8. The number of ether oxygens (including phenoxy) is 11. The van der Waals surface area contributed by atoms with E-state index in [0.717, 1.165) is 20.8 Å². The van der Waals surface area contributed by atoms with Gasteiger partial charge in [0.25, 0.3) is 5.79 Å². The second-order valence-corrected chi connectivity index (χ2v) is 20.5. The lowest BCUT2D eigenvalue weighted by Crippen LogP contribution is -2.70. The van der Waals surface area contributed by atoms with Crippen LogP contribution in [-0.2, 0) is 71.3 Å². The van der Waals surface area contributed by atoms with Gasteiger partial charge in [-0.2, -0.15) is 0 Å². The lowest BCUT2D eigenvalue weighted by molar-refractivity contribution is -0.384. The summed E-state index contributed by atoms with van der Waals surface area (Å²) in [5.41, 5.74) is 0. The van der Waals surface area contributed by atoms with Crippen molar-refractivity contribution < 1.29 is 168 Å². The lowest BCUT2D eigenvalue weighted by atomic mass is 9.88. The quantitative estimate of drug-likeness (QED) is 0.0479. The summed E-state index contributed by atoms with van der Waals surface area (Å²) in [5, 5.41) is 211. The average molecular weight is 1200 g/mol. The highest BCUT2D eigenvalue weighted by Gasteiger charge is 2.59. The number of aliphatic hydroxyl groups excluding tert-OH is 18. The summed E-state index contributed by atoms with van der Waals surface area (Å²) in [6.07, 6.45) is -55.3. The molecule has 0 unspecified atom stereocenters. The van der Waals surface area contributed by atoms with Crippen LogP contribution in [0.1, 0.15) is 27.2 Å². The van der Waals surface area contributed by atoms with E-state index in [4.69, 9.17) is 52.1 Å². The van der Waals surface area contributed by atoms with Crippen LogP contribution >= 0.6 is 0 Å². The second-order valence-electron chi connectivity index (χ2n) is 20.5. The van der Waals surface area contributed by atoms with Gasteiger partial charge in [-0.15, -0.1) is 0 Å². The van der Waals surface area contributed by atoms with E-state index in [1.807, 2.05) is 0 Å². The number of carboxylic acids is 1. The van der Waals surface area contributed by atoms with E-state index in [9.17, 15) is 116 Å². The summed E-state index contributed by atoms with van der Waals surface area (Å²) < 4.78 is 62.8. The number of aliphatic hydroxyl groups is 18. The molecular formula is C45H75N3O34. The Morgan fingerprint density at radius 1 is 0.500 bits per heavy atom. The highest BCUT2D eigenvalue weighted by Crippen LogP contribution is 2.38. The van der Waals surface area contributed by atoms with Gasteiger partial charge in [0.1, 0.15) is 140 Å². The molecule has 474 valence electrons. The van der Waals surface area contributed by atoms with E-state index >= 15 is 0 Å². The molecule has 6 aliphatic heterocycles. The molecule has 0 aromatic heterocycles. The Morgan fingerprint density at radius 3 is 1.52 bits per heavy atom. The minimum absolute atomic E-state index is 0.752. The third-order valence-corrected chi connectivity index (χ3v) is 14.6. The van der Waals surface area contributed by atoms with E-state index in [0.29, 0.717) is 0 Å². The van der Waals surface area contributed by atoms with Crippen molar-refractivity contribution in [3.63, 3.8) is 0 Å². The number of hydrogen-bond acceptors (Lipinski definition) is 33. The number of rotatable bonds is 22. The fourth-order valence-corrected chi connectivity index (χ4v) is 10.2. The summed E-state index contributed by atoms with van der Waals surface area (Å²) in [5.74, 6) is -7.47. The Hall–Kier alpha value is -3.28. The van der Waals surface area contributed by atoms with E-state index < -0.39 is 259 Å². The van der Waals surface area contributed by atoms with E-state index in [1.54, 1.807) is 0 Å². The normalized spacial score (nSPS) is 46.3. The van der Waals surface area contributed by atoms with Crippen LogP contribution in [0.3, 0.4) is 0 Å². The summed E-state index contributed by atoms with van der Waals surface area (Å²) in [4.78, 5) is 49.7. The van der Waals surface area contributed by atoms with Gasteiger partial charge < -0.3 is 165 Å². The first-order valence-electron chi connectivity index (χ1n) is 25.7. The van der Waals surface area contributed by atoms with Crippen molar-refractivity contribution in [2.75, 3.05) is 39.6 Å². The number of nitrogens with one attached hydrogen (secondary N) is 3. The summed E-state index contributed by atoms with van der Waals surface area (Å²) in [6.45, 7) is -3.17. The van der Waals surface area contributed by atoms with Crippen LogP contribution in [0.2, 0.25) is 0 Å². The Balaban J connectivity index is 1.25. The molecule has 82 heavy (non-hydrogen) atoms. The molecule has 6 heterocycles. The molecule has 22 N–H and O–H groups in total. The van der Waals surface area contributed by atoms with Gasteiger partial charge in [0.15, 0.2) is 31.5 Å². The molecule has 0 saturated carbocycles. The first-order valence-corrected chi connectivity index (χ1v) is 25.7. The van der Waals surface area contributed by atoms with E-state index in [1.165, 1.54) is 0 Å². The third kappa shape index (κ3) is 14.9. The van der Waals surface area contributed by atoms with Crippen molar-refractivity contribution in [2.45, 2.75) is 217 Å². The maximum absolute atomic E-state index is 12.8. The molecule has 6 fully saturated rings. The molecule has 0 aromatic rings. The number of hydrogen-bond donors (Lipinski definition) is 22. The average Bonchev–Trinajstić information content (AvgIpc) is 2.34. The molecule has 3 amide bonds. The van der Waals surface area contributed by atoms with Crippen LogP contribution in [0.5, 0.6) is 0 Å².